The van der Waals surface area contributed by atoms with Gasteiger partial charge in [0.25, 0.3) is 0 Å². The molecule has 0 bridgehead atoms. The monoisotopic (exact) mass is 404 g/mol. The Labute approximate surface area is 174 Å². The predicted octanol–water partition coefficient (Wildman–Crippen LogP) is 5.29. The van der Waals surface area contributed by atoms with Crippen molar-refractivity contribution in [3.05, 3.63) is 107 Å². The van der Waals surface area contributed by atoms with Gasteiger partial charge in [0.2, 0.25) is 5.91 Å². The molecule has 3 aromatic carbocycles. The zero-order valence-electron chi connectivity index (χ0n) is 16.6. The molecule has 0 aliphatic carbocycles. The fraction of sp³-hybridized carbons (Fsp3) is 0.160. The molecular formula is C25H22F2N2O. The number of rotatable bonds is 6. The molecule has 1 amide bonds. The lowest BCUT2D eigenvalue weighted by molar-refractivity contribution is -0.121. The van der Waals surface area contributed by atoms with Crippen molar-refractivity contribution in [3.63, 3.8) is 0 Å². The number of fused-ring (bicyclic) bond motifs is 1. The first-order chi connectivity index (χ1) is 14.5. The number of nitrogens with zero attached hydrogens (tertiary/aromatic N) is 1. The van der Waals surface area contributed by atoms with Gasteiger partial charge in [-0.15, -0.1) is 0 Å². The van der Waals surface area contributed by atoms with E-state index in [-0.39, 0.29) is 29.9 Å². The van der Waals surface area contributed by atoms with Gasteiger partial charge in [-0.3, -0.25) is 4.79 Å². The first-order valence-corrected chi connectivity index (χ1v) is 9.82. The van der Waals surface area contributed by atoms with E-state index in [4.69, 9.17) is 0 Å². The maximum Gasteiger partial charge on any atom is 0.221 e. The summed E-state index contributed by atoms with van der Waals surface area (Å²) in [5.74, 6) is -1.09. The van der Waals surface area contributed by atoms with Crippen LogP contribution in [-0.2, 0) is 18.4 Å². The van der Waals surface area contributed by atoms with E-state index in [0.29, 0.717) is 6.54 Å². The summed E-state index contributed by atoms with van der Waals surface area (Å²) in [6.45, 7) is 0.310. The minimum atomic E-state index is -0.329. The van der Waals surface area contributed by atoms with Crippen LogP contribution in [0.3, 0.4) is 0 Å². The second-order valence-electron chi connectivity index (χ2n) is 7.43. The molecule has 30 heavy (non-hydrogen) atoms. The molecule has 0 fully saturated rings. The number of aromatic nitrogens is 1. The van der Waals surface area contributed by atoms with Crippen LogP contribution in [0.25, 0.3) is 10.9 Å². The van der Waals surface area contributed by atoms with Gasteiger partial charge in [-0.25, -0.2) is 8.78 Å². The average molecular weight is 404 g/mol. The Hall–Kier alpha value is -3.47. The fourth-order valence-electron chi connectivity index (χ4n) is 3.84. The average Bonchev–Trinajstić information content (AvgIpc) is 3.08. The number of carbonyl (C=O) groups excluding carboxylic acids is 1. The highest BCUT2D eigenvalue weighted by atomic mass is 19.1. The van der Waals surface area contributed by atoms with Crippen molar-refractivity contribution in [2.75, 3.05) is 0 Å². The highest BCUT2D eigenvalue weighted by Crippen LogP contribution is 2.34. The van der Waals surface area contributed by atoms with Crippen LogP contribution in [0.1, 0.15) is 29.0 Å². The van der Waals surface area contributed by atoms with Crippen molar-refractivity contribution >= 4 is 16.8 Å². The van der Waals surface area contributed by atoms with E-state index in [0.717, 1.165) is 27.6 Å². The van der Waals surface area contributed by atoms with Crippen LogP contribution in [0.5, 0.6) is 0 Å². The smallest absolute Gasteiger partial charge is 0.221 e. The number of carbonyl (C=O) groups is 1. The van der Waals surface area contributed by atoms with Crippen LogP contribution in [0.15, 0.2) is 79.0 Å². The molecular weight excluding hydrogens is 382 g/mol. The van der Waals surface area contributed by atoms with Crippen LogP contribution < -0.4 is 5.32 Å². The van der Waals surface area contributed by atoms with Gasteiger partial charge >= 0.3 is 0 Å². The lowest BCUT2D eigenvalue weighted by Crippen LogP contribution is -2.25. The van der Waals surface area contributed by atoms with Gasteiger partial charge in [-0.1, -0.05) is 42.5 Å². The summed E-state index contributed by atoms with van der Waals surface area (Å²) >= 11 is 0. The van der Waals surface area contributed by atoms with Gasteiger partial charge in [-0.05, 0) is 47.0 Å². The summed E-state index contributed by atoms with van der Waals surface area (Å²) in [5.41, 5.74) is 3.61. The number of aryl methyl sites for hydroxylation is 1. The molecule has 1 heterocycles. The normalized spacial score (nSPS) is 12.1. The number of amides is 1. The molecule has 0 spiro atoms. The largest absolute Gasteiger partial charge is 0.352 e. The first kappa shape index (κ1) is 19.8. The second-order valence-corrected chi connectivity index (χ2v) is 7.43. The summed E-state index contributed by atoms with van der Waals surface area (Å²) < 4.78 is 29.1. The van der Waals surface area contributed by atoms with Gasteiger partial charge in [0.05, 0.1) is 0 Å². The lowest BCUT2D eigenvalue weighted by atomic mass is 9.88. The van der Waals surface area contributed by atoms with Crippen LogP contribution in [0.2, 0.25) is 0 Å². The van der Waals surface area contributed by atoms with Gasteiger partial charge in [0, 0.05) is 43.0 Å². The zero-order chi connectivity index (χ0) is 21.1. The lowest BCUT2D eigenvalue weighted by Gasteiger charge is -2.17. The van der Waals surface area contributed by atoms with Gasteiger partial charge in [-0.2, -0.15) is 0 Å². The maximum atomic E-state index is 14.0. The van der Waals surface area contributed by atoms with E-state index in [1.807, 2.05) is 48.1 Å². The minimum Gasteiger partial charge on any atom is -0.352 e. The molecule has 4 rings (SSSR count). The molecule has 0 aliphatic heterocycles. The highest BCUT2D eigenvalue weighted by Gasteiger charge is 2.22. The number of halogens is 2. The third kappa shape index (κ3) is 4.25. The summed E-state index contributed by atoms with van der Waals surface area (Å²) in [4.78, 5) is 12.8. The van der Waals surface area contributed by atoms with Crippen LogP contribution >= 0.6 is 0 Å². The number of hydrogen-bond donors (Lipinski definition) is 1. The minimum absolute atomic E-state index is 0.151. The third-order valence-corrected chi connectivity index (χ3v) is 5.35. The van der Waals surface area contributed by atoms with Crippen LogP contribution in [0, 0.1) is 11.6 Å². The molecule has 1 aromatic heterocycles. The zero-order valence-corrected chi connectivity index (χ0v) is 16.6. The third-order valence-electron chi connectivity index (χ3n) is 5.35. The molecule has 4 aromatic rings. The van der Waals surface area contributed by atoms with E-state index >= 15 is 0 Å². The quantitative estimate of drug-likeness (QED) is 0.465. The highest BCUT2D eigenvalue weighted by molar-refractivity contribution is 5.86. The Morgan fingerprint density at radius 1 is 0.967 bits per heavy atom. The van der Waals surface area contributed by atoms with E-state index in [1.54, 1.807) is 18.2 Å². The Balaban J connectivity index is 1.62. The van der Waals surface area contributed by atoms with Crippen molar-refractivity contribution in [1.29, 1.82) is 0 Å². The molecule has 1 unspecified atom stereocenters. The molecule has 0 saturated heterocycles. The molecule has 0 saturated carbocycles. The van der Waals surface area contributed by atoms with Crippen molar-refractivity contribution in [1.82, 2.24) is 9.88 Å². The molecule has 0 radical (unpaired) electrons. The van der Waals surface area contributed by atoms with Crippen LogP contribution in [0.4, 0.5) is 8.78 Å². The molecule has 1 atom stereocenters. The molecule has 5 heteroatoms. The Kier molecular flexibility index (Phi) is 5.61. The van der Waals surface area contributed by atoms with E-state index in [2.05, 4.69) is 5.32 Å². The van der Waals surface area contributed by atoms with Gasteiger partial charge in [0.1, 0.15) is 11.6 Å². The van der Waals surface area contributed by atoms with E-state index < -0.39 is 0 Å². The Morgan fingerprint density at radius 3 is 2.50 bits per heavy atom. The summed E-state index contributed by atoms with van der Waals surface area (Å²) in [6, 6.07) is 20.4. The predicted molar refractivity (Wildman–Crippen MR) is 114 cm³/mol. The Bertz CT molecular complexity index is 1180. The number of para-hydroxylation sites is 1. The summed E-state index contributed by atoms with van der Waals surface area (Å²) in [7, 11) is 1.96. The standard InChI is InChI=1S/C25H22F2N2O/c1-29-16-23(21-7-2-3-8-24(21)29)22(18-5-4-6-20(27)13-18)14-25(30)28-15-17-9-11-19(26)12-10-17/h2-13,16,22H,14-15H2,1H3,(H,28,30). The van der Waals surface area contributed by atoms with Crippen molar-refractivity contribution < 1.29 is 13.6 Å². The molecule has 3 nitrogen and oxygen atoms in total. The molecule has 1 N–H and O–H groups in total. The van der Waals surface area contributed by atoms with E-state index in [1.165, 1.54) is 24.3 Å². The van der Waals surface area contributed by atoms with Gasteiger partial charge in [0.15, 0.2) is 0 Å². The summed E-state index contributed by atoms with van der Waals surface area (Å²) in [5, 5.41) is 3.94. The van der Waals surface area contributed by atoms with Crippen molar-refractivity contribution in [2.45, 2.75) is 18.9 Å². The summed E-state index contributed by atoms with van der Waals surface area (Å²) in [6.07, 6.45) is 2.19. The van der Waals surface area contributed by atoms with E-state index in [9.17, 15) is 13.6 Å². The van der Waals surface area contributed by atoms with Crippen LogP contribution in [-0.4, -0.2) is 10.5 Å². The maximum absolute atomic E-state index is 14.0. The second kappa shape index (κ2) is 8.49. The fourth-order valence-corrected chi connectivity index (χ4v) is 3.84. The number of nitrogens with one attached hydrogen (secondary N) is 1. The van der Waals surface area contributed by atoms with Gasteiger partial charge < -0.3 is 9.88 Å². The SMILES string of the molecule is Cn1cc(C(CC(=O)NCc2ccc(F)cc2)c2cccc(F)c2)c2ccccc21. The van der Waals surface area contributed by atoms with Crippen molar-refractivity contribution in [3.8, 4) is 0 Å². The molecule has 152 valence electrons. The Morgan fingerprint density at radius 2 is 1.73 bits per heavy atom. The topological polar surface area (TPSA) is 34.0 Å². The first-order valence-electron chi connectivity index (χ1n) is 9.82. The van der Waals surface area contributed by atoms with Crippen molar-refractivity contribution in [2.24, 2.45) is 7.05 Å². The number of hydrogen-bond acceptors (Lipinski definition) is 1. The molecule has 0 aliphatic rings. The number of benzene rings is 3.